The Morgan fingerprint density at radius 1 is 1.16 bits per heavy atom. The fourth-order valence-corrected chi connectivity index (χ4v) is 3.84. The fourth-order valence-electron chi connectivity index (χ4n) is 2.93. The highest BCUT2D eigenvalue weighted by atomic mass is 32.1. The van der Waals surface area contributed by atoms with E-state index in [2.05, 4.69) is 23.3 Å². The van der Waals surface area contributed by atoms with Crippen molar-refractivity contribution < 1.29 is 14.3 Å². The van der Waals surface area contributed by atoms with Crippen molar-refractivity contribution in [1.82, 2.24) is 4.98 Å². The average molecular weight is 354 g/mol. The maximum atomic E-state index is 12.7. The minimum atomic E-state index is -0.715. The normalized spacial score (nSPS) is 19.0. The minimum absolute atomic E-state index is 0.251. The van der Waals surface area contributed by atoms with Crippen LogP contribution in [0, 0.1) is 0 Å². The highest BCUT2D eigenvalue weighted by Crippen LogP contribution is 2.34. The molecule has 6 heteroatoms. The molecule has 25 heavy (non-hydrogen) atoms. The molecule has 1 N–H and O–H groups in total. The van der Waals surface area contributed by atoms with Crippen LogP contribution >= 0.6 is 11.3 Å². The fraction of sp³-hybridized carbons (Fsp3) is 0.263. The Morgan fingerprint density at radius 3 is 2.68 bits per heavy atom. The van der Waals surface area contributed by atoms with Gasteiger partial charge in [0, 0.05) is 0 Å². The average Bonchev–Trinajstić information content (AvgIpc) is 3.03. The molecule has 0 saturated carbocycles. The molecule has 0 radical (unpaired) electrons. The maximum absolute atomic E-state index is 12.7. The number of aromatic nitrogens is 1. The van der Waals surface area contributed by atoms with Gasteiger partial charge in [-0.1, -0.05) is 42.5 Å². The van der Waals surface area contributed by atoms with Gasteiger partial charge in [-0.3, -0.25) is 10.1 Å². The molecule has 1 aliphatic rings. The van der Waals surface area contributed by atoms with E-state index in [-0.39, 0.29) is 12.0 Å². The molecule has 2 atom stereocenters. The summed E-state index contributed by atoms with van der Waals surface area (Å²) >= 11 is 1.47. The third-order valence-electron chi connectivity index (χ3n) is 4.21. The molecule has 3 aromatic rings. The lowest BCUT2D eigenvalue weighted by molar-refractivity contribution is -0.128. The summed E-state index contributed by atoms with van der Waals surface area (Å²) in [5, 5.41) is 3.46. The summed E-state index contributed by atoms with van der Waals surface area (Å²) in [6.07, 6.45) is -0.190. The quantitative estimate of drug-likeness (QED) is 0.771. The number of thiazole rings is 1. The third-order valence-corrected chi connectivity index (χ3v) is 5.15. The largest absolute Gasteiger partial charge is 0.482 e. The van der Waals surface area contributed by atoms with Crippen molar-refractivity contribution in [2.45, 2.75) is 32.5 Å². The van der Waals surface area contributed by atoms with Crippen LogP contribution in [0.3, 0.4) is 0 Å². The Bertz CT molecular complexity index is 937. The monoisotopic (exact) mass is 354 g/mol. The lowest BCUT2D eigenvalue weighted by Crippen LogP contribution is -2.46. The topological polar surface area (TPSA) is 60.5 Å². The standard InChI is InChI=1S/C19H18N2O3S/c1-3-12-7-6-10-15-16(12)20-19(25-15)21-18(22)17-11(2)23-13-8-4-5-9-14(13)24-17/h4-11,17H,3H2,1-2H3,(H,20,21,22). The van der Waals surface area contributed by atoms with Gasteiger partial charge in [0.1, 0.15) is 6.10 Å². The summed E-state index contributed by atoms with van der Waals surface area (Å²) in [6.45, 7) is 3.92. The Balaban J connectivity index is 1.56. The number of anilines is 1. The van der Waals surface area contributed by atoms with Crippen LogP contribution in [0.5, 0.6) is 11.5 Å². The molecular weight excluding hydrogens is 336 g/mol. The molecule has 0 spiro atoms. The molecule has 0 saturated heterocycles. The van der Waals surface area contributed by atoms with Gasteiger partial charge in [0.15, 0.2) is 16.6 Å². The number of nitrogens with zero attached hydrogens (tertiary/aromatic N) is 1. The first kappa shape index (κ1) is 15.9. The van der Waals surface area contributed by atoms with Gasteiger partial charge in [0.2, 0.25) is 6.10 Å². The number of ether oxygens (including phenoxy) is 2. The van der Waals surface area contributed by atoms with E-state index in [4.69, 9.17) is 9.47 Å². The van der Waals surface area contributed by atoms with Crippen LogP contribution < -0.4 is 14.8 Å². The number of fused-ring (bicyclic) bond motifs is 2. The van der Waals surface area contributed by atoms with Crippen molar-refractivity contribution in [2.24, 2.45) is 0 Å². The van der Waals surface area contributed by atoms with Gasteiger partial charge >= 0.3 is 0 Å². The van der Waals surface area contributed by atoms with Crippen molar-refractivity contribution in [3.8, 4) is 11.5 Å². The Morgan fingerprint density at radius 2 is 1.92 bits per heavy atom. The second-order valence-corrected chi connectivity index (χ2v) is 6.96. The first-order valence-electron chi connectivity index (χ1n) is 8.27. The number of aryl methyl sites for hydroxylation is 1. The third kappa shape index (κ3) is 2.93. The molecule has 0 fully saturated rings. The molecule has 0 bridgehead atoms. The van der Waals surface area contributed by atoms with Crippen molar-refractivity contribution >= 4 is 32.6 Å². The predicted octanol–water partition coefficient (Wildman–Crippen LogP) is 4.03. The molecule has 2 heterocycles. The van der Waals surface area contributed by atoms with Gasteiger partial charge in [0.05, 0.1) is 10.2 Å². The van der Waals surface area contributed by atoms with E-state index >= 15 is 0 Å². The van der Waals surface area contributed by atoms with Gasteiger partial charge in [-0.15, -0.1) is 0 Å². The van der Waals surface area contributed by atoms with Gasteiger partial charge in [0.25, 0.3) is 5.91 Å². The zero-order valence-electron chi connectivity index (χ0n) is 14.0. The van der Waals surface area contributed by atoms with E-state index in [9.17, 15) is 4.79 Å². The van der Waals surface area contributed by atoms with Crippen LogP contribution in [0.4, 0.5) is 5.13 Å². The van der Waals surface area contributed by atoms with Crippen LogP contribution in [0.25, 0.3) is 10.2 Å². The molecule has 2 unspecified atom stereocenters. The predicted molar refractivity (Wildman–Crippen MR) is 98.6 cm³/mol. The van der Waals surface area contributed by atoms with Crippen LogP contribution in [0.2, 0.25) is 0 Å². The Hall–Kier alpha value is -2.60. The number of nitrogens with one attached hydrogen (secondary N) is 1. The van der Waals surface area contributed by atoms with E-state index in [1.54, 1.807) is 6.07 Å². The molecule has 1 aromatic heterocycles. The smallest absolute Gasteiger partial charge is 0.271 e. The van der Waals surface area contributed by atoms with Crippen molar-refractivity contribution in [3.05, 3.63) is 48.0 Å². The zero-order chi connectivity index (χ0) is 17.4. The molecule has 128 valence electrons. The van der Waals surface area contributed by atoms with Gasteiger partial charge < -0.3 is 9.47 Å². The molecule has 4 rings (SSSR count). The maximum Gasteiger partial charge on any atom is 0.271 e. The zero-order valence-corrected chi connectivity index (χ0v) is 14.8. The molecule has 1 amide bonds. The molecule has 0 aliphatic carbocycles. The number of carbonyl (C=O) groups excluding carboxylic acids is 1. The molecular formula is C19H18N2O3S. The summed E-state index contributed by atoms with van der Waals surface area (Å²) in [6, 6.07) is 13.5. The molecule has 5 nitrogen and oxygen atoms in total. The van der Waals surface area contributed by atoms with Crippen LogP contribution in [-0.2, 0) is 11.2 Å². The summed E-state index contributed by atoms with van der Waals surface area (Å²) < 4.78 is 12.7. The number of hydrogen-bond donors (Lipinski definition) is 1. The second-order valence-electron chi connectivity index (χ2n) is 5.93. The van der Waals surface area contributed by atoms with E-state index in [0.717, 1.165) is 16.6 Å². The van der Waals surface area contributed by atoms with Crippen molar-refractivity contribution in [3.63, 3.8) is 0 Å². The van der Waals surface area contributed by atoms with Gasteiger partial charge in [-0.05, 0) is 37.1 Å². The number of amides is 1. The highest BCUT2D eigenvalue weighted by Gasteiger charge is 2.34. The van der Waals surface area contributed by atoms with E-state index < -0.39 is 6.10 Å². The molecule has 1 aliphatic heterocycles. The number of rotatable bonds is 3. The number of para-hydroxylation sites is 3. The summed E-state index contributed by atoms with van der Waals surface area (Å²) in [5.74, 6) is 0.990. The minimum Gasteiger partial charge on any atom is -0.482 e. The van der Waals surface area contributed by atoms with E-state index in [1.807, 2.05) is 37.3 Å². The number of carbonyl (C=O) groups is 1. The Kier molecular flexibility index (Phi) is 4.05. The summed E-state index contributed by atoms with van der Waals surface area (Å²) in [5.41, 5.74) is 2.12. The van der Waals surface area contributed by atoms with E-state index in [0.29, 0.717) is 16.6 Å². The first-order valence-corrected chi connectivity index (χ1v) is 9.09. The molecule has 2 aromatic carbocycles. The summed E-state index contributed by atoms with van der Waals surface area (Å²) in [4.78, 5) is 17.2. The first-order chi connectivity index (χ1) is 12.2. The van der Waals surface area contributed by atoms with E-state index in [1.165, 1.54) is 16.9 Å². The lowest BCUT2D eigenvalue weighted by Gasteiger charge is -2.30. The van der Waals surface area contributed by atoms with Crippen LogP contribution in [-0.4, -0.2) is 23.1 Å². The van der Waals surface area contributed by atoms with Gasteiger partial charge in [-0.2, -0.15) is 0 Å². The second kappa shape index (κ2) is 6.37. The van der Waals surface area contributed by atoms with Crippen molar-refractivity contribution in [1.29, 1.82) is 0 Å². The SMILES string of the molecule is CCc1cccc2sc(NC(=O)C3Oc4ccccc4OC3C)nc12. The summed E-state index contributed by atoms with van der Waals surface area (Å²) in [7, 11) is 0. The van der Waals surface area contributed by atoms with Crippen LogP contribution in [0.1, 0.15) is 19.4 Å². The van der Waals surface area contributed by atoms with Crippen LogP contribution in [0.15, 0.2) is 42.5 Å². The number of benzene rings is 2. The highest BCUT2D eigenvalue weighted by molar-refractivity contribution is 7.22. The number of hydrogen-bond acceptors (Lipinski definition) is 5. The van der Waals surface area contributed by atoms with Crippen molar-refractivity contribution in [2.75, 3.05) is 5.32 Å². The lowest BCUT2D eigenvalue weighted by atomic mass is 10.1. The Labute approximate surface area is 149 Å². The van der Waals surface area contributed by atoms with Gasteiger partial charge in [-0.25, -0.2) is 4.98 Å².